The van der Waals surface area contributed by atoms with Gasteiger partial charge in [-0.1, -0.05) is 115 Å². The zero-order valence-corrected chi connectivity index (χ0v) is 25.5. The predicted octanol–water partition coefficient (Wildman–Crippen LogP) is 9.56. The van der Waals surface area contributed by atoms with Gasteiger partial charge in [-0.2, -0.15) is 0 Å². The largest absolute Gasteiger partial charge is 0.364 e. The van der Waals surface area contributed by atoms with E-state index in [0.717, 1.165) is 32.1 Å². The highest BCUT2D eigenvalue weighted by Gasteiger charge is 2.51. The molecular formula is C42H42N2. The van der Waals surface area contributed by atoms with Gasteiger partial charge < -0.3 is 9.80 Å². The molecule has 0 bridgehead atoms. The van der Waals surface area contributed by atoms with Gasteiger partial charge in [0.25, 0.3) is 0 Å². The molecule has 44 heavy (non-hydrogen) atoms. The number of rotatable bonds is 4. The summed E-state index contributed by atoms with van der Waals surface area (Å²) in [6.45, 7) is 0. The van der Waals surface area contributed by atoms with E-state index < -0.39 is 0 Å². The topological polar surface area (TPSA) is 6.48 Å². The van der Waals surface area contributed by atoms with Crippen LogP contribution in [0.4, 0.5) is 5.69 Å². The highest BCUT2D eigenvalue weighted by Crippen LogP contribution is 2.53. The van der Waals surface area contributed by atoms with E-state index in [9.17, 15) is 0 Å². The first-order chi connectivity index (χ1) is 21.8. The van der Waals surface area contributed by atoms with Gasteiger partial charge in [0, 0.05) is 46.8 Å². The van der Waals surface area contributed by atoms with Gasteiger partial charge in [0.2, 0.25) is 0 Å². The summed E-state index contributed by atoms with van der Waals surface area (Å²) in [6, 6.07) is 23.7. The SMILES string of the molecule is C1=CC2C3C=C(C4CC=CC5C6=C(CCC=C6)N(c6ccccc6)C54)CCC3N(C3=CC=C(c4ccccc4)CC3)C2C=C1. The van der Waals surface area contributed by atoms with E-state index in [1.54, 1.807) is 22.5 Å². The minimum absolute atomic E-state index is 0.467. The van der Waals surface area contributed by atoms with E-state index in [-0.39, 0.29) is 0 Å². The highest BCUT2D eigenvalue weighted by atomic mass is 15.2. The Morgan fingerprint density at radius 3 is 2.41 bits per heavy atom. The zero-order valence-electron chi connectivity index (χ0n) is 25.5. The van der Waals surface area contributed by atoms with Crippen LogP contribution in [0.1, 0.15) is 50.5 Å². The Morgan fingerprint density at radius 2 is 1.57 bits per heavy atom. The van der Waals surface area contributed by atoms with Crippen molar-refractivity contribution in [3.05, 3.63) is 156 Å². The fourth-order valence-corrected chi connectivity index (χ4v) is 9.76. The first kappa shape index (κ1) is 26.4. The van der Waals surface area contributed by atoms with Crippen molar-refractivity contribution in [1.82, 2.24) is 4.90 Å². The zero-order chi connectivity index (χ0) is 29.0. The summed E-state index contributed by atoms with van der Waals surface area (Å²) < 4.78 is 0. The highest BCUT2D eigenvalue weighted by molar-refractivity contribution is 5.69. The maximum absolute atomic E-state index is 2.85. The number of fused-ring (bicyclic) bond motifs is 5. The van der Waals surface area contributed by atoms with Crippen LogP contribution in [-0.2, 0) is 0 Å². The van der Waals surface area contributed by atoms with E-state index in [1.165, 1.54) is 29.7 Å². The van der Waals surface area contributed by atoms with Crippen LogP contribution >= 0.6 is 0 Å². The Hall–Kier alpha value is -4.04. The molecule has 1 saturated heterocycles. The third-order valence-corrected chi connectivity index (χ3v) is 11.6. The normalized spacial score (nSPS) is 33.4. The van der Waals surface area contributed by atoms with Crippen LogP contribution in [-0.4, -0.2) is 23.0 Å². The molecule has 1 fully saturated rings. The Kier molecular flexibility index (Phi) is 6.50. The van der Waals surface area contributed by atoms with E-state index >= 15 is 0 Å². The maximum atomic E-state index is 2.85. The fraction of sp³-hybridized carbons (Fsp3) is 0.333. The van der Waals surface area contributed by atoms with Crippen LogP contribution in [0.3, 0.4) is 0 Å². The van der Waals surface area contributed by atoms with E-state index in [0.29, 0.717) is 41.8 Å². The van der Waals surface area contributed by atoms with Gasteiger partial charge in [-0.05, 0) is 79.9 Å². The second kappa shape index (κ2) is 10.8. The lowest BCUT2D eigenvalue weighted by atomic mass is 9.70. The molecule has 2 heterocycles. The molecule has 2 aliphatic heterocycles. The van der Waals surface area contributed by atoms with Gasteiger partial charge in [-0.15, -0.1) is 0 Å². The molecule has 7 aliphatic rings. The number of benzene rings is 2. The van der Waals surface area contributed by atoms with Gasteiger partial charge in [0.15, 0.2) is 0 Å². The van der Waals surface area contributed by atoms with Gasteiger partial charge in [0.1, 0.15) is 0 Å². The van der Waals surface area contributed by atoms with Crippen molar-refractivity contribution >= 4 is 11.3 Å². The molecule has 0 saturated carbocycles. The molecule has 2 aromatic carbocycles. The molecule has 2 heteroatoms. The lowest BCUT2D eigenvalue weighted by Gasteiger charge is -2.43. The Morgan fingerprint density at radius 1 is 0.727 bits per heavy atom. The Labute approximate surface area is 262 Å². The molecule has 0 radical (unpaired) electrons. The van der Waals surface area contributed by atoms with Crippen LogP contribution in [0.25, 0.3) is 5.57 Å². The summed E-state index contributed by atoms with van der Waals surface area (Å²) in [7, 11) is 0. The van der Waals surface area contributed by atoms with Crippen molar-refractivity contribution in [2.75, 3.05) is 4.90 Å². The standard InChI is InChI=1S/C42H42N2/c1-3-12-29(13-4-1)30-22-25-33(26-23-30)43-39-20-9-8-17-36(39)38-28-31(24-27-41(38)43)34-18-11-19-37-35-16-7-10-21-40(35)44(42(34)37)32-14-5-2-6-15-32/h1-9,11-17,19-20,22,25,28,34,36-39,41-42H,10,18,21,23-24,26-27H2. The van der Waals surface area contributed by atoms with Gasteiger partial charge in [0.05, 0.1) is 12.1 Å². The van der Waals surface area contributed by atoms with Crippen molar-refractivity contribution in [3.8, 4) is 0 Å². The number of allylic oxidation sites excluding steroid dienone is 10. The number of anilines is 1. The molecule has 7 unspecified atom stereocenters. The number of hydrogen-bond donors (Lipinski definition) is 0. The van der Waals surface area contributed by atoms with E-state index in [1.807, 2.05) is 0 Å². The predicted molar refractivity (Wildman–Crippen MR) is 183 cm³/mol. The molecule has 0 amide bonds. The van der Waals surface area contributed by atoms with Crippen LogP contribution in [0.15, 0.2) is 150 Å². The quantitative estimate of drug-likeness (QED) is 0.336. The van der Waals surface area contributed by atoms with Gasteiger partial charge >= 0.3 is 0 Å². The van der Waals surface area contributed by atoms with Crippen LogP contribution in [0.5, 0.6) is 0 Å². The van der Waals surface area contributed by atoms with Crippen molar-refractivity contribution in [1.29, 1.82) is 0 Å². The first-order valence-corrected chi connectivity index (χ1v) is 17.0. The molecule has 2 aromatic rings. The fourth-order valence-electron chi connectivity index (χ4n) is 9.76. The maximum Gasteiger partial charge on any atom is 0.0545 e. The summed E-state index contributed by atoms with van der Waals surface area (Å²) in [4.78, 5) is 5.61. The molecule has 2 nitrogen and oxygen atoms in total. The number of hydrogen-bond acceptors (Lipinski definition) is 2. The Bertz CT molecular complexity index is 1680. The second-order valence-corrected chi connectivity index (χ2v) is 13.7. The average Bonchev–Trinajstić information content (AvgIpc) is 3.62. The molecule has 7 atom stereocenters. The summed E-state index contributed by atoms with van der Waals surface area (Å²) >= 11 is 0. The monoisotopic (exact) mass is 574 g/mol. The van der Waals surface area contributed by atoms with Crippen molar-refractivity contribution < 1.29 is 0 Å². The van der Waals surface area contributed by atoms with Crippen molar-refractivity contribution in [2.24, 2.45) is 23.7 Å². The van der Waals surface area contributed by atoms with Crippen molar-refractivity contribution in [2.45, 2.75) is 63.1 Å². The number of para-hydroxylation sites is 1. The van der Waals surface area contributed by atoms with Gasteiger partial charge in [-0.3, -0.25) is 0 Å². The molecule has 0 N–H and O–H groups in total. The number of likely N-dealkylation sites (tertiary alicyclic amines) is 1. The smallest absolute Gasteiger partial charge is 0.0545 e. The van der Waals surface area contributed by atoms with Crippen molar-refractivity contribution in [3.63, 3.8) is 0 Å². The van der Waals surface area contributed by atoms with E-state index in [4.69, 9.17) is 0 Å². The lowest BCUT2D eigenvalue weighted by molar-refractivity contribution is 0.235. The molecular weight excluding hydrogens is 532 g/mol. The molecule has 0 aromatic heterocycles. The molecule has 5 aliphatic carbocycles. The Balaban J connectivity index is 1.05. The molecule has 9 rings (SSSR count). The minimum atomic E-state index is 0.467. The second-order valence-electron chi connectivity index (χ2n) is 13.7. The van der Waals surface area contributed by atoms with Crippen LogP contribution < -0.4 is 4.90 Å². The van der Waals surface area contributed by atoms with Crippen LogP contribution in [0, 0.1) is 23.7 Å². The molecule has 0 spiro atoms. The summed E-state index contributed by atoms with van der Waals surface area (Å²) in [6.07, 6.45) is 35.4. The third kappa shape index (κ3) is 4.21. The average molecular weight is 575 g/mol. The minimum Gasteiger partial charge on any atom is -0.364 e. The summed E-state index contributed by atoms with van der Waals surface area (Å²) in [5.74, 6) is 2.18. The van der Waals surface area contributed by atoms with Gasteiger partial charge in [-0.25, -0.2) is 0 Å². The first-order valence-electron chi connectivity index (χ1n) is 17.0. The summed E-state index contributed by atoms with van der Waals surface area (Å²) in [5.41, 5.74) is 10.6. The third-order valence-electron chi connectivity index (χ3n) is 11.6. The molecule has 220 valence electrons. The number of nitrogens with zero attached hydrogens (tertiary/aromatic N) is 2. The van der Waals surface area contributed by atoms with E-state index in [2.05, 4.69) is 137 Å². The summed E-state index contributed by atoms with van der Waals surface area (Å²) in [5, 5.41) is 0. The van der Waals surface area contributed by atoms with Crippen LogP contribution in [0.2, 0.25) is 0 Å². The lowest BCUT2D eigenvalue weighted by Crippen LogP contribution is -2.43.